The maximum Gasteiger partial charge on any atom is 0.137 e. The Morgan fingerprint density at radius 1 is 0.561 bits per heavy atom. The SMILES string of the molecule is C1=C\Cc2ccccc2-c2c(cc(-c3ccc4cc(-c5cn6ccccc6n5)ccc4c3)c3ccccc23)C\C=C/1. The summed E-state index contributed by atoms with van der Waals surface area (Å²) in [4.78, 5) is 4.83. The minimum atomic E-state index is 0.891. The van der Waals surface area contributed by atoms with Crippen LogP contribution in [0.4, 0.5) is 0 Å². The molecule has 0 amide bonds. The van der Waals surface area contributed by atoms with E-state index >= 15 is 0 Å². The van der Waals surface area contributed by atoms with Crippen LogP contribution in [0.1, 0.15) is 11.1 Å². The highest BCUT2D eigenvalue weighted by atomic mass is 15.0. The molecule has 2 nitrogen and oxygen atoms in total. The predicted molar refractivity (Wildman–Crippen MR) is 172 cm³/mol. The minimum Gasteiger partial charge on any atom is -0.306 e. The molecule has 0 unspecified atom stereocenters. The number of aromatic nitrogens is 2. The highest BCUT2D eigenvalue weighted by Gasteiger charge is 2.17. The molecule has 0 radical (unpaired) electrons. The molecular formula is C39H28N2. The summed E-state index contributed by atoms with van der Waals surface area (Å²) < 4.78 is 2.07. The van der Waals surface area contributed by atoms with Gasteiger partial charge in [0.1, 0.15) is 5.65 Å². The summed E-state index contributed by atoms with van der Waals surface area (Å²) in [5.74, 6) is 0. The Morgan fingerprint density at radius 3 is 2.12 bits per heavy atom. The van der Waals surface area contributed by atoms with Crippen LogP contribution in [0.3, 0.4) is 0 Å². The van der Waals surface area contributed by atoms with Crippen molar-refractivity contribution in [1.29, 1.82) is 0 Å². The maximum atomic E-state index is 4.83. The zero-order valence-electron chi connectivity index (χ0n) is 22.7. The van der Waals surface area contributed by atoms with Gasteiger partial charge in [-0.15, -0.1) is 0 Å². The van der Waals surface area contributed by atoms with Crippen LogP contribution in [-0.4, -0.2) is 9.38 Å². The van der Waals surface area contributed by atoms with Crippen molar-refractivity contribution in [3.63, 3.8) is 0 Å². The standard InChI is InChI=1S/C39H28N2/c1-2-4-13-32-25-36(34-15-7-8-16-35(34)39(32)33-14-6-5-12-27(33)11-3-1)30-20-18-29-24-31(21-19-28(29)23-30)37-26-41-22-10-9-17-38(41)40-37/h1-10,12,14-26H,11,13H2/b3-1-,4-2-. The van der Waals surface area contributed by atoms with Crippen molar-refractivity contribution >= 4 is 27.2 Å². The first-order valence-electron chi connectivity index (χ1n) is 14.2. The Morgan fingerprint density at radius 2 is 1.27 bits per heavy atom. The number of rotatable bonds is 2. The second-order valence-corrected chi connectivity index (χ2v) is 10.8. The second kappa shape index (κ2) is 9.76. The summed E-state index contributed by atoms with van der Waals surface area (Å²) in [7, 11) is 0. The van der Waals surface area contributed by atoms with E-state index < -0.39 is 0 Å². The van der Waals surface area contributed by atoms with E-state index in [-0.39, 0.29) is 0 Å². The van der Waals surface area contributed by atoms with Gasteiger partial charge in [0.15, 0.2) is 0 Å². The van der Waals surface area contributed by atoms with Gasteiger partial charge in [-0.3, -0.25) is 0 Å². The summed E-state index contributed by atoms with van der Waals surface area (Å²) in [6.07, 6.45) is 14.9. The van der Waals surface area contributed by atoms with Gasteiger partial charge in [-0.25, -0.2) is 4.98 Å². The monoisotopic (exact) mass is 524 g/mol. The van der Waals surface area contributed by atoms with Gasteiger partial charge in [0, 0.05) is 18.0 Å². The summed E-state index contributed by atoms with van der Waals surface area (Å²) in [5, 5.41) is 5.05. The van der Waals surface area contributed by atoms with Gasteiger partial charge in [0.25, 0.3) is 0 Å². The van der Waals surface area contributed by atoms with Gasteiger partial charge in [-0.1, -0.05) is 103 Å². The van der Waals surface area contributed by atoms with Crippen LogP contribution in [0, 0.1) is 0 Å². The van der Waals surface area contributed by atoms with Crippen molar-refractivity contribution in [1.82, 2.24) is 9.38 Å². The number of hydrogen-bond acceptors (Lipinski definition) is 1. The minimum absolute atomic E-state index is 0.891. The fraction of sp³-hybridized carbons (Fsp3) is 0.0513. The Balaban J connectivity index is 1.29. The molecule has 1 aliphatic rings. The largest absolute Gasteiger partial charge is 0.306 e. The quantitative estimate of drug-likeness (QED) is 0.220. The lowest BCUT2D eigenvalue weighted by molar-refractivity contribution is 1.19. The maximum absolute atomic E-state index is 4.83. The predicted octanol–water partition coefficient (Wildman–Crippen LogP) is 9.85. The Labute approximate surface area is 239 Å². The molecule has 0 bridgehead atoms. The topological polar surface area (TPSA) is 17.3 Å². The molecule has 0 N–H and O–H groups in total. The number of hydrogen-bond donors (Lipinski definition) is 0. The van der Waals surface area contributed by atoms with Crippen LogP contribution in [0.2, 0.25) is 0 Å². The lowest BCUT2D eigenvalue weighted by Gasteiger charge is -2.19. The van der Waals surface area contributed by atoms with E-state index in [1.165, 1.54) is 54.9 Å². The van der Waals surface area contributed by atoms with Crippen molar-refractivity contribution in [2.75, 3.05) is 0 Å². The molecule has 5 aromatic carbocycles. The number of benzene rings is 5. The number of nitrogens with zero attached hydrogens (tertiary/aromatic N) is 2. The molecule has 0 fully saturated rings. The summed E-state index contributed by atoms with van der Waals surface area (Å²) in [6, 6.07) is 39.8. The molecule has 0 atom stereocenters. The summed E-state index contributed by atoms with van der Waals surface area (Å²) in [5.41, 5.74) is 11.0. The molecule has 0 saturated heterocycles. The van der Waals surface area contributed by atoms with Crippen molar-refractivity contribution in [2.45, 2.75) is 12.8 Å². The zero-order chi connectivity index (χ0) is 27.2. The van der Waals surface area contributed by atoms with Crippen molar-refractivity contribution in [3.8, 4) is 33.5 Å². The van der Waals surface area contributed by atoms with Gasteiger partial charge in [0.2, 0.25) is 0 Å². The highest BCUT2D eigenvalue weighted by molar-refractivity contribution is 6.07. The molecule has 41 heavy (non-hydrogen) atoms. The fourth-order valence-electron chi connectivity index (χ4n) is 6.29. The van der Waals surface area contributed by atoms with E-state index in [1.54, 1.807) is 0 Å². The van der Waals surface area contributed by atoms with Gasteiger partial charge in [0.05, 0.1) is 5.69 Å². The molecule has 2 aromatic heterocycles. The van der Waals surface area contributed by atoms with Crippen molar-refractivity contribution in [3.05, 3.63) is 157 Å². The third-order valence-corrected chi connectivity index (χ3v) is 8.28. The van der Waals surface area contributed by atoms with E-state index in [9.17, 15) is 0 Å². The summed E-state index contributed by atoms with van der Waals surface area (Å²) >= 11 is 0. The summed E-state index contributed by atoms with van der Waals surface area (Å²) in [6.45, 7) is 0. The average Bonchev–Trinajstić information content (AvgIpc) is 3.47. The molecule has 0 spiro atoms. The molecule has 2 heterocycles. The second-order valence-electron chi connectivity index (χ2n) is 10.8. The molecule has 1 aliphatic carbocycles. The number of imidazole rings is 1. The molecule has 2 heteroatoms. The van der Waals surface area contributed by atoms with Crippen LogP contribution in [0.15, 0.2) is 146 Å². The Hall–Kier alpha value is -5.21. The third kappa shape index (κ3) is 4.16. The van der Waals surface area contributed by atoms with Crippen molar-refractivity contribution in [2.24, 2.45) is 0 Å². The van der Waals surface area contributed by atoms with Gasteiger partial charge in [-0.2, -0.15) is 0 Å². The van der Waals surface area contributed by atoms with Gasteiger partial charge in [-0.05, 0) is 98.1 Å². The molecule has 194 valence electrons. The van der Waals surface area contributed by atoms with Crippen LogP contribution < -0.4 is 0 Å². The van der Waals surface area contributed by atoms with E-state index in [2.05, 4.69) is 126 Å². The molecule has 0 aliphatic heterocycles. The zero-order valence-corrected chi connectivity index (χ0v) is 22.7. The Kier molecular flexibility index (Phi) is 5.63. The van der Waals surface area contributed by atoms with Gasteiger partial charge >= 0.3 is 0 Å². The number of pyridine rings is 1. The van der Waals surface area contributed by atoms with Crippen LogP contribution in [-0.2, 0) is 12.8 Å². The molecule has 8 rings (SSSR count). The first-order valence-corrected chi connectivity index (χ1v) is 14.2. The van der Waals surface area contributed by atoms with E-state index in [0.29, 0.717) is 0 Å². The average molecular weight is 525 g/mol. The third-order valence-electron chi connectivity index (χ3n) is 8.28. The Bertz CT molecular complexity index is 2130. The smallest absolute Gasteiger partial charge is 0.137 e. The molecule has 0 saturated carbocycles. The van der Waals surface area contributed by atoms with E-state index in [1.807, 2.05) is 24.4 Å². The first kappa shape index (κ1) is 23.7. The van der Waals surface area contributed by atoms with Crippen LogP contribution >= 0.6 is 0 Å². The van der Waals surface area contributed by atoms with E-state index in [4.69, 9.17) is 4.98 Å². The number of allylic oxidation sites excluding steroid dienone is 4. The normalized spacial score (nSPS) is 14.5. The molecular weight excluding hydrogens is 496 g/mol. The fourth-order valence-corrected chi connectivity index (χ4v) is 6.29. The lowest BCUT2D eigenvalue weighted by Crippen LogP contribution is -1.97. The van der Waals surface area contributed by atoms with E-state index in [0.717, 1.165) is 29.7 Å². The highest BCUT2D eigenvalue weighted by Crippen LogP contribution is 2.41. The molecule has 7 aromatic rings. The van der Waals surface area contributed by atoms with Crippen LogP contribution in [0.25, 0.3) is 60.7 Å². The number of fused-ring (bicyclic) bond motifs is 7. The van der Waals surface area contributed by atoms with Crippen LogP contribution in [0.5, 0.6) is 0 Å². The van der Waals surface area contributed by atoms with Crippen molar-refractivity contribution < 1.29 is 0 Å². The first-order chi connectivity index (χ1) is 20.3. The van der Waals surface area contributed by atoms with Gasteiger partial charge < -0.3 is 4.40 Å². The lowest BCUT2D eigenvalue weighted by atomic mass is 9.84.